The summed E-state index contributed by atoms with van der Waals surface area (Å²) >= 11 is 0. The summed E-state index contributed by atoms with van der Waals surface area (Å²) in [6, 6.07) is 7.92. The average molecular weight is 248 g/mol. The Balaban J connectivity index is 2.95. The zero-order valence-corrected chi connectivity index (χ0v) is 11.8. The topological polar surface area (TPSA) is 55.1 Å². The highest BCUT2D eigenvalue weighted by Gasteiger charge is 2.30. The van der Waals surface area contributed by atoms with Crippen molar-refractivity contribution < 1.29 is 4.79 Å². The van der Waals surface area contributed by atoms with Gasteiger partial charge in [-0.15, -0.1) is 0 Å². The second-order valence-electron chi connectivity index (χ2n) is 5.31. The van der Waals surface area contributed by atoms with Crippen molar-refractivity contribution in [3.63, 3.8) is 0 Å². The highest BCUT2D eigenvalue weighted by molar-refractivity contribution is 5.95. The third kappa shape index (κ3) is 3.10. The van der Waals surface area contributed by atoms with E-state index in [1.54, 1.807) is 0 Å². The molecule has 0 heterocycles. The molecule has 100 valence electrons. The van der Waals surface area contributed by atoms with Crippen LogP contribution in [0.1, 0.15) is 45.6 Å². The Morgan fingerprint density at radius 3 is 2.50 bits per heavy atom. The highest BCUT2D eigenvalue weighted by Crippen LogP contribution is 2.27. The standard InChI is InChI=1S/C15H24N2O/c1-5-15(4,10-16)14(18)17-13-9-7-6-8-12(13)11(2)3/h6-9,11H,5,10,16H2,1-4H3,(H,17,18). The van der Waals surface area contributed by atoms with Crippen LogP contribution in [0.15, 0.2) is 24.3 Å². The van der Waals surface area contributed by atoms with E-state index in [-0.39, 0.29) is 5.91 Å². The van der Waals surface area contributed by atoms with Crippen molar-refractivity contribution in [1.29, 1.82) is 0 Å². The molecule has 1 rings (SSSR count). The van der Waals surface area contributed by atoms with Crippen molar-refractivity contribution >= 4 is 11.6 Å². The van der Waals surface area contributed by atoms with Crippen molar-refractivity contribution in [2.75, 3.05) is 11.9 Å². The molecule has 0 aromatic heterocycles. The second kappa shape index (κ2) is 6.01. The fourth-order valence-corrected chi connectivity index (χ4v) is 1.79. The van der Waals surface area contributed by atoms with E-state index < -0.39 is 5.41 Å². The number of hydrogen-bond donors (Lipinski definition) is 2. The molecule has 3 nitrogen and oxygen atoms in total. The number of rotatable bonds is 5. The molecule has 1 amide bonds. The van der Waals surface area contributed by atoms with Crippen LogP contribution in [0.3, 0.4) is 0 Å². The van der Waals surface area contributed by atoms with Crippen molar-refractivity contribution in [3.05, 3.63) is 29.8 Å². The fraction of sp³-hybridized carbons (Fsp3) is 0.533. The molecule has 0 aliphatic rings. The minimum atomic E-state index is -0.496. The SMILES string of the molecule is CCC(C)(CN)C(=O)Nc1ccccc1C(C)C. The summed E-state index contributed by atoms with van der Waals surface area (Å²) in [6.07, 6.45) is 0.735. The molecule has 0 spiro atoms. The zero-order valence-electron chi connectivity index (χ0n) is 11.8. The number of amides is 1. The van der Waals surface area contributed by atoms with Gasteiger partial charge in [-0.05, 0) is 30.9 Å². The first-order valence-electron chi connectivity index (χ1n) is 6.55. The molecule has 0 aliphatic carbocycles. The van der Waals surface area contributed by atoms with Gasteiger partial charge >= 0.3 is 0 Å². The van der Waals surface area contributed by atoms with Gasteiger partial charge in [-0.25, -0.2) is 0 Å². The van der Waals surface area contributed by atoms with Crippen LogP contribution in [0.25, 0.3) is 0 Å². The monoisotopic (exact) mass is 248 g/mol. The lowest BCUT2D eigenvalue weighted by Crippen LogP contribution is -2.39. The zero-order chi connectivity index (χ0) is 13.8. The summed E-state index contributed by atoms with van der Waals surface area (Å²) in [6.45, 7) is 8.49. The van der Waals surface area contributed by atoms with E-state index in [0.29, 0.717) is 12.5 Å². The van der Waals surface area contributed by atoms with Gasteiger partial charge in [-0.3, -0.25) is 4.79 Å². The first-order chi connectivity index (χ1) is 8.44. The molecule has 3 N–H and O–H groups in total. The number of carbonyl (C=O) groups excluding carboxylic acids is 1. The third-order valence-electron chi connectivity index (χ3n) is 3.61. The Kier molecular flexibility index (Phi) is 4.91. The van der Waals surface area contributed by atoms with E-state index >= 15 is 0 Å². The van der Waals surface area contributed by atoms with Crippen LogP contribution < -0.4 is 11.1 Å². The number of hydrogen-bond acceptors (Lipinski definition) is 2. The van der Waals surface area contributed by atoms with Gasteiger partial charge in [0.05, 0.1) is 5.41 Å². The molecule has 18 heavy (non-hydrogen) atoms. The first kappa shape index (κ1) is 14.7. The molecule has 1 unspecified atom stereocenters. The van der Waals surface area contributed by atoms with Gasteiger partial charge in [0.25, 0.3) is 0 Å². The van der Waals surface area contributed by atoms with Gasteiger partial charge in [0.15, 0.2) is 0 Å². The molecule has 1 aromatic rings. The molecular weight excluding hydrogens is 224 g/mol. The van der Waals surface area contributed by atoms with E-state index in [9.17, 15) is 4.79 Å². The van der Waals surface area contributed by atoms with Crippen LogP contribution >= 0.6 is 0 Å². The number of anilines is 1. The van der Waals surface area contributed by atoms with Gasteiger partial charge in [-0.2, -0.15) is 0 Å². The van der Waals surface area contributed by atoms with Gasteiger partial charge in [0, 0.05) is 12.2 Å². The predicted molar refractivity (Wildman–Crippen MR) is 76.6 cm³/mol. The van der Waals surface area contributed by atoms with Crippen LogP contribution in [0, 0.1) is 5.41 Å². The van der Waals surface area contributed by atoms with E-state index in [1.165, 1.54) is 0 Å². The van der Waals surface area contributed by atoms with Crippen LogP contribution in [0.4, 0.5) is 5.69 Å². The fourth-order valence-electron chi connectivity index (χ4n) is 1.79. The molecule has 1 atom stereocenters. The molecule has 0 bridgehead atoms. The second-order valence-corrected chi connectivity index (χ2v) is 5.31. The summed E-state index contributed by atoms with van der Waals surface area (Å²) < 4.78 is 0. The minimum absolute atomic E-state index is 0.000556. The lowest BCUT2D eigenvalue weighted by atomic mass is 9.86. The largest absolute Gasteiger partial charge is 0.329 e. The number of para-hydroxylation sites is 1. The lowest BCUT2D eigenvalue weighted by molar-refractivity contribution is -0.124. The molecule has 0 saturated heterocycles. The molecule has 3 heteroatoms. The molecule has 0 aliphatic heterocycles. The summed E-state index contributed by atoms with van der Waals surface area (Å²) in [5, 5.41) is 3.02. The van der Waals surface area contributed by atoms with Crippen molar-refractivity contribution in [2.45, 2.75) is 40.0 Å². The summed E-state index contributed by atoms with van der Waals surface area (Å²) in [7, 11) is 0. The Morgan fingerprint density at radius 2 is 2.00 bits per heavy atom. The van der Waals surface area contributed by atoms with Crippen LogP contribution in [0.2, 0.25) is 0 Å². The van der Waals surface area contributed by atoms with Crippen LogP contribution in [0.5, 0.6) is 0 Å². The van der Waals surface area contributed by atoms with Crippen LogP contribution in [-0.2, 0) is 4.79 Å². The number of nitrogens with one attached hydrogen (secondary N) is 1. The Labute approximate surface area is 110 Å². The van der Waals surface area contributed by atoms with Gasteiger partial charge < -0.3 is 11.1 Å². The van der Waals surface area contributed by atoms with E-state index in [0.717, 1.165) is 17.7 Å². The molecule has 0 saturated carbocycles. The van der Waals surface area contributed by atoms with Crippen LogP contribution in [-0.4, -0.2) is 12.5 Å². The number of carbonyl (C=O) groups is 1. The summed E-state index contributed by atoms with van der Waals surface area (Å²) in [5.41, 5.74) is 7.26. The van der Waals surface area contributed by atoms with Crippen molar-refractivity contribution in [2.24, 2.45) is 11.1 Å². The maximum absolute atomic E-state index is 12.3. The smallest absolute Gasteiger partial charge is 0.231 e. The highest BCUT2D eigenvalue weighted by atomic mass is 16.2. The molecule has 0 fully saturated rings. The van der Waals surface area contributed by atoms with Crippen molar-refractivity contribution in [3.8, 4) is 0 Å². The Hall–Kier alpha value is -1.35. The number of benzene rings is 1. The lowest BCUT2D eigenvalue weighted by Gasteiger charge is -2.26. The summed E-state index contributed by atoms with van der Waals surface area (Å²) in [5.74, 6) is 0.382. The summed E-state index contributed by atoms with van der Waals surface area (Å²) in [4.78, 5) is 12.3. The minimum Gasteiger partial charge on any atom is -0.329 e. The quantitative estimate of drug-likeness (QED) is 0.841. The average Bonchev–Trinajstić information content (AvgIpc) is 2.38. The van der Waals surface area contributed by atoms with Gasteiger partial charge in [0.2, 0.25) is 5.91 Å². The van der Waals surface area contributed by atoms with Gasteiger partial charge in [0.1, 0.15) is 0 Å². The normalized spacial score (nSPS) is 14.3. The Bertz CT molecular complexity index is 409. The molecule has 0 radical (unpaired) electrons. The van der Waals surface area contributed by atoms with E-state index in [2.05, 4.69) is 19.2 Å². The Morgan fingerprint density at radius 1 is 1.39 bits per heavy atom. The maximum atomic E-state index is 12.3. The molecular formula is C15H24N2O. The molecule has 1 aromatic carbocycles. The third-order valence-corrected chi connectivity index (χ3v) is 3.61. The first-order valence-corrected chi connectivity index (χ1v) is 6.55. The van der Waals surface area contributed by atoms with Gasteiger partial charge in [-0.1, -0.05) is 39.0 Å². The van der Waals surface area contributed by atoms with E-state index in [1.807, 2.05) is 38.1 Å². The number of nitrogens with two attached hydrogens (primary N) is 1. The van der Waals surface area contributed by atoms with E-state index in [4.69, 9.17) is 5.73 Å². The van der Waals surface area contributed by atoms with Crippen molar-refractivity contribution in [1.82, 2.24) is 0 Å². The predicted octanol–water partition coefficient (Wildman–Crippen LogP) is 3.12. The maximum Gasteiger partial charge on any atom is 0.231 e.